The van der Waals surface area contributed by atoms with Gasteiger partial charge in [0, 0.05) is 17.8 Å². The zero-order valence-corrected chi connectivity index (χ0v) is 11.3. The summed E-state index contributed by atoms with van der Waals surface area (Å²) < 4.78 is 0. The molecule has 21 heavy (non-hydrogen) atoms. The second-order valence-electron chi connectivity index (χ2n) is 5.26. The van der Waals surface area contributed by atoms with Crippen LogP contribution in [0.3, 0.4) is 0 Å². The Morgan fingerprint density at radius 1 is 1.29 bits per heavy atom. The Morgan fingerprint density at radius 3 is 2.71 bits per heavy atom. The first-order chi connectivity index (χ1) is 9.94. The summed E-state index contributed by atoms with van der Waals surface area (Å²) in [4.78, 5) is 49.5. The molecule has 1 aliphatic rings. The van der Waals surface area contributed by atoms with Crippen LogP contribution in [-0.2, 0) is 16.0 Å². The normalized spacial score (nSPS) is 21.7. The third kappa shape index (κ3) is 4.30. The molecule has 1 amide bonds. The summed E-state index contributed by atoms with van der Waals surface area (Å²) in [7, 11) is 0. The highest BCUT2D eigenvalue weighted by Gasteiger charge is 2.27. The van der Waals surface area contributed by atoms with E-state index in [0.717, 1.165) is 18.9 Å². The third-order valence-electron chi connectivity index (χ3n) is 3.56. The third-order valence-corrected chi connectivity index (χ3v) is 3.56. The van der Waals surface area contributed by atoms with Crippen LogP contribution in [0, 0.1) is 5.92 Å². The molecule has 8 nitrogen and oxygen atoms in total. The van der Waals surface area contributed by atoms with Gasteiger partial charge in [-0.3, -0.25) is 19.4 Å². The number of hydrogen-bond donors (Lipinski definition) is 4. The largest absolute Gasteiger partial charge is 0.481 e. The van der Waals surface area contributed by atoms with Gasteiger partial charge in [-0.2, -0.15) is 0 Å². The number of carboxylic acids is 1. The van der Waals surface area contributed by atoms with Gasteiger partial charge in [-0.25, -0.2) is 4.79 Å². The number of carbonyl (C=O) groups excluding carboxylic acids is 1. The lowest BCUT2D eigenvalue weighted by Crippen LogP contribution is -2.41. The Morgan fingerprint density at radius 2 is 2.05 bits per heavy atom. The van der Waals surface area contributed by atoms with Crippen LogP contribution >= 0.6 is 0 Å². The molecule has 1 aromatic rings. The molecule has 0 aromatic carbocycles. The highest BCUT2D eigenvalue weighted by atomic mass is 16.4. The maximum atomic E-state index is 11.9. The van der Waals surface area contributed by atoms with E-state index in [9.17, 15) is 19.2 Å². The number of aromatic amines is 2. The van der Waals surface area contributed by atoms with Crippen molar-refractivity contribution in [1.29, 1.82) is 0 Å². The van der Waals surface area contributed by atoms with E-state index in [2.05, 4.69) is 10.3 Å². The van der Waals surface area contributed by atoms with Crippen LogP contribution in [0.2, 0.25) is 0 Å². The first kappa shape index (κ1) is 15.0. The van der Waals surface area contributed by atoms with Crippen molar-refractivity contribution in [3.8, 4) is 0 Å². The van der Waals surface area contributed by atoms with E-state index >= 15 is 0 Å². The predicted molar refractivity (Wildman–Crippen MR) is 72.9 cm³/mol. The molecule has 0 spiro atoms. The van der Waals surface area contributed by atoms with Gasteiger partial charge >= 0.3 is 11.7 Å². The molecule has 1 aliphatic carbocycles. The summed E-state index contributed by atoms with van der Waals surface area (Å²) in [6, 6.07) is 0.975. The van der Waals surface area contributed by atoms with Gasteiger partial charge in [0.15, 0.2) is 0 Å². The molecular formula is C13H17N3O5. The highest BCUT2D eigenvalue weighted by molar-refractivity contribution is 5.78. The Balaban J connectivity index is 1.93. The second-order valence-corrected chi connectivity index (χ2v) is 5.26. The Bertz CT molecular complexity index is 619. The molecule has 1 heterocycles. The van der Waals surface area contributed by atoms with Gasteiger partial charge in [-0.1, -0.05) is 6.42 Å². The molecule has 1 saturated carbocycles. The van der Waals surface area contributed by atoms with Gasteiger partial charge in [0.2, 0.25) is 5.91 Å². The van der Waals surface area contributed by atoms with Gasteiger partial charge in [-0.05, 0) is 19.3 Å². The molecule has 8 heteroatoms. The van der Waals surface area contributed by atoms with Gasteiger partial charge in [0.25, 0.3) is 5.56 Å². The molecule has 1 aromatic heterocycles. The minimum absolute atomic E-state index is 0.118. The molecule has 2 unspecified atom stereocenters. The average Bonchev–Trinajstić information content (AvgIpc) is 2.37. The molecule has 114 valence electrons. The molecule has 0 radical (unpaired) electrons. The maximum absolute atomic E-state index is 11.9. The van der Waals surface area contributed by atoms with Gasteiger partial charge in [-0.15, -0.1) is 0 Å². The van der Waals surface area contributed by atoms with Crippen LogP contribution < -0.4 is 16.6 Å². The number of hydrogen-bond acceptors (Lipinski definition) is 4. The summed E-state index contributed by atoms with van der Waals surface area (Å²) >= 11 is 0. The number of carboxylic acid groups (broad SMARTS) is 1. The zero-order valence-electron chi connectivity index (χ0n) is 11.3. The lowest BCUT2D eigenvalue weighted by atomic mass is 9.86. The van der Waals surface area contributed by atoms with Crippen molar-refractivity contribution in [2.45, 2.75) is 38.1 Å². The zero-order chi connectivity index (χ0) is 15.4. The fourth-order valence-electron chi connectivity index (χ4n) is 2.61. The molecule has 4 N–H and O–H groups in total. The van der Waals surface area contributed by atoms with Crippen LogP contribution in [-0.4, -0.2) is 33.0 Å². The predicted octanol–water partition coefficient (Wildman–Crippen LogP) is -0.635. The van der Waals surface area contributed by atoms with Crippen molar-refractivity contribution in [2.75, 3.05) is 0 Å². The summed E-state index contributed by atoms with van der Waals surface area (Å²) in [5.74, 6) is -1.61. The van der Waals surface area contributed by atoms with E-state index < -0.39 is 23.1 Å². The Kier molecular flexibility index (Phi) is 4.56. The van der Waals surface area contributed by atoms with E-state index in [1.165, 1.54) is 0 Å². The van der Waals surface area contributed by atoms with Crippen LogP contribution in [0.5, 0.6) is 0 Å². The number of H-pyrrole nitrogens is 2. The second kappa shape index (κ2) is 6.38. The number of amides is 1. The van der Waals surface area contributed by atoms with Crippen molar-refractivity contribution < 1.29 is 14.7 Å². The molecular weight excluding hydrogens is 278 g/mol. The summed E-state index contributed by atoms with van der Waals surface area (Å²) in [5, 5.41) is 11.8. The Hall–Kier alpha value is -2.38. The minimum atomic E-state index is -0.840. The summed E-state index contributed by atoms with van der Waals surface area (Å²) in [6.45, 7) is 0. The maximum Gasteiger partial charge on any atom is 0.325 e. The van der Waals surface area contributed by atoms with Crippen LogP contribution in [0.25, 0.3) is 0 Å². The number of aromatic nitrogens is 2. The SMILES string of the molecule is O=C(Cc1cc(=O)[nH]c(=O)[nH]1)NC1CCCC(C(=O)O)C1. The number of aliphatic carboxylic acids is 1. The van der Waals surface area contributed by atoms with Crippen molar-refractivity contribution in [3.63, 3.8) is 0 Å². The first-order valence-electron chi connectivity index (χ1n) is 6.78. The molecule has 0 bridgehead atoms. The molecule has 1 fully saturated rings. The van der Waals surface area contributed by atoms with E-state index in [1.807, 2.05) is 4.98 Å². The molecule has 0 saturated heterocycles. The topological polar surface area (TPSA) is 132 Å². The van der Waals surface area contributed by atoms with E-state index in [0.29, 0.717) is 12.8 Å². The fourth-order valence-corrected chi connectivity index (χ4v) is 2.61. The lowest BCUT2D eigenvalue weighted by Gasteiger charge is -2.27. The van der Waals surface area contributed by atoms with Gasteiger partial charge in [0.1, 0.15) is 0 Å². The number of nitrogens with one attached hydrogen (secondary N) is 3. The van der Waals surface area contributed by atoms with Gasteiger partial charge < -0.3 is 15.4 Å². The van der Waals surface area contributed by atoms with E-state index in [1.54, 1.807) is 0 Å². The van der Waals surface area contributed by atoms with Gasteiger partial charge in [0.05, 0.1) is 12.3 Å². The number of carbonyl (C=O) groups is 2. The molecule has 0 aliphatic heterocycles. The van der Waals surface area contributed by atoms with Crippen molar-refractivity contribution in [2.24, 2.45) is 5.92 Å². The van der Waals surface area contributed by atoms with Crippen molar-refractivity contribution in [1.82, 2.24) is 15.3 Å². The highest BCUT2D eigenvalue weighted by Crippen LogP contribution is 2.24. The molecule has 2 rings (SSSR count). The quantitative estimate of drug-likeness (QED) is 0.587. The van der Waals surface area contributed by atoms with Crippen LogP contribution in [0.15, 0.2) is 15.7 Å². The average molecular weight is 295 g/mol. The monoisotopic (exact) mass is 295 g/mol. The number of rotatable bonds is 4. The van der Waals surface area contributed by atoms with Crippen molar-refractivity contribution >= 4 is 11.9 Å². The minimum Gasteiger partial charge on any atom is -0.481 e. The van der Waals surface area contributed by atoms with E-state index in [4.69, 9.17) is 5.11 Å². The van der Waals surface area contributed by atoms with E-state index in [-0.39, 0.29) is 24.1 Å². The first-order valence-corrected chi connectivity index (χ1v) is 6.78. The molecule has 2 atom stereocenters. The standard InChI is InChI=1S/C13H17N3O5/c17-10(5-9-6-11(18)16-13(21)15-9)14-8-3-1-2-7(4-8)12(19)20/h6-8H,1-5H2,(H,14,17)(H,19,20)(H2,15,16,18,21). The lowest BCUT2D eigenvalue weighted by molar-refractivity contribution is -0.143. The smallest absolute Gasteiger partial charge is 0.325 e. The van der Waals surface area contributed by atoms with Crippen LogP contribution in [0.1, 0.15) is 31.4 Å². The summed E-state index contributed by atoms with van der Waals surface area (Å²) in [6.07, 6.45) is 2.41. The van der Waals surface area contributed by atoms with Crippen molar-refractivity contribution in [3.05, 3.63) is 32.6 Å². The summed E-state index contributed by atoms with van der Waals surface area (Å²) in [5.41, 5.74) is -0.995. The fraction of sp³-hybridized carbons (Fsp3) is 0.538. The Labute approximate surface area is 119 Å². The van der Waals surface area contributed by atoms with Crippen LogP contribution in [0.4, 0.5) is 0 Å².